The molecule has 1 fully saturated rings. The number of alkyl halides is 3. The van der Waals surface area contributed by atoms with Gasteiger partial charge in [0.2, 0.25) is 5.13 Å². The Hall–Kier alpha value is -1.93. The van der Waals surface area contributed by atoms with Crippen LogP contribution in [0.25, 0.3) is 11.3 Å². The van der Waals surface area contributed by atoms with E-state index in [1.54, 1.807) is 5.38 Å². The van der Waals surface area contributed by atoms with Crippen molar-refractivity contribution in [2.24, 2.45) is 16.9 Å². The lowest BCUT2D eigenvalue weighted by molar-refractivity contribution is -0.270. The summed E-state index contributed by atoms with van der Waals surface area (Å²) in [5, 5.41) is 17.5. The van der Waals surface area contributed by atoms with Crippen LogP contribution in [0.15, 0.2) is 40.8 Å². The first-order chi connectivity index (χ1) is 12.8. The molecule has 0 amide bonds. The molecule has 0 bridgehead atoms. The van der Waals surface area contributed by atoms with E-state index >= 15 is 0 Å². The molecule has 2 aliphatic rings. The van der Waals surface area contributed by atoms with Crippen molar-refractivity contribution < 1.29 is 18.3 Å². The van der Waals surface area contributed by atoms with E-state index in [0.29, 0.717) is 29.3 Å². The van der Waals surface area contributed by atoms with Crippen LogP contribution in [-0.4, -0.2) is 27.7 Å². The number of rotatable bonds is 3. The summed E-state index contributed by atoms with van der Waals surface area (Å²) in [6.45, 7) is 1.97. The number of halogens is 3. The number of hydrazone groups is 1. The summed E-state index contributed by atoms with van der Waals surface area (Å²) in [6.07, 6.45) is -2.46. The summed E-state index contributed by atoms with van der Waals surface area (Å²) < 4.78 is 42.1. The van der Waals surface area contributed by atoms with Crippen LogP contribution in [0.1, 0.15) is 32.6 Å². The summed E-state index contributed by atoms with van der Waals surface area (Å²) in [7, 11) is 0. The molecule has 1 saturated carbocycles. The molecule has 27 heavy (non-hydrogen) atoms. The number of fused-ring (bicyclic) bond motifs is 1. The van der Waals surface area contributed by atoms with Crippen LogP contribution in [-0.2, 0) is 0 Å². The molecule has 8 heteroatoms. The van der Waals surface area contributed by atoms with Gasteiger partial charge in [-0.25, -0.2) is 4.98 Å². The number of hydrogen-bond acceptors (Lipinski definition) is 5. The lowest BCUT2D eigenvalue weighted by Crippen LogP contribution is -2.60. The van der Waals surface area contributed by atoms with E-state index in [9.17, 15) is 18.3 Å². The van der Waals surface area contributed by atoms with Gasteiger partial charge in [-0.2, -0.15) is 23.3 Å². The Morgan fingerprint density at radius 2 is 2.04 bits per heavy atom. The highest BCUT2D eigenvalue weighted by Crippen LogP contribution is 2.51. The molecule has 1 aromatic heterocycles. The number of thiazole rings is 1. The van der Waals surface area contributed by atoms with Crippen molar-refractivity contribution in [2.75, 3.05) is 5.01 Å². The zero-order chi connectivity index (χ0) is 19.2. The van der Waals surface area contributed by atoms with Gasteiger partial charge in [-0.1, -0.05) is 43.7 Å². The van der Waals surface area contributed by atoms with Crippen LogP contribution in [0.3, 0.4) is 0 Å². The number of nitrogens with zero attached hydrogens (tertiary/aromatic N) is 3. The summed E-state index contributed by atoms with van der Waals surface area (Å²) in [5.74, 6) is -0.876. The topological polar surface area (TPSA) is 48.7 Å². The predicted molar refractivity (Wildman–Crippen MR) is 99.6 cm³/mol. The number of anilines is 1. The average Bonchev–Trinajstić information content (AvgIpc) is 3.25. The Labute approximate surface area is 159 Å². The lowest BCUT2D eigenvalue weighted by Gasteiger charge is -2.39. The Morgan fingerprint density at radius 3 is 2.70 bits per heavy atom. The fourth-order valence-corrected chi connectivity index (χ4v) is 4.80. The summed E-state index contributed by atoms with van der Waals surface area (Å²) in [6, 6.07) is 9.24. The zero-order valence-corrected chi connectivity index (χ0v) is 15.6. The van der Waals surface area contributed by atoms with Crippen molar-refractivity contribution in [3.63, 3.8) is 0 Å². The highest BCUT2D eigenvalue weighted by atomic mass is 32.1. The van der Waals surface area contributed by atoms with Crippen LogP contribution >= 0.6 is 11.3 Å². The third-order valence-electron chi connectivity index (χ3n) is 5.55. The van der Waals surface area contributed by atoms with E-state index in [0.717, 1.165) is 29.7 Å². The maximum atomic E-state index is 14.0. The van der Waals surface area contributed by atoms with Gasteiger partial charge >= 0.3 is 6.18 Å². The Bertz CT molecular complexity index is 851. The van der Waals surface area contributed by atoms with Crippen LogP contribution in [0.4, 0.5) is 18.3 Å². The van der Waals surface area contributed by atoms with Crippen LogP contribution in [0.2, 0.25) is 0 Å². The Balaban J connectivity index is 1.73. The van der Waals surface area contributed by atoms with Gasteiger partial charge in [0.25, 0.3) is 5.72 Å². The minimum Gasteiger partial charge on any atom is -0.362 e. The van der Waals surface area contributed by atoms with Crippen LogP contribution in [0, 0.1) is 11.8 Å². The summed E-state index contributed by atoms with van der Waals surface area (Å²) in [4.78, 5) is 4.35. The molecule has 1 aliphatic carbocycles. The van der Waals surface area contributed by atoms with E-state index in [2.05, 4.69) is 10.1 Å². The fraction of sp³-hybridized carbons (Fsp3) is 0.474. The van der Waals surface area contributed by atoms with Crippen molar-refractivity contribution in [3.8, 4) is 11.3 Å². The first-order valence-corrected chi connectivity index (χ1v) is 9.90. The van der Waals surface area contributed by atoms with E-state index in [1.165, 1.54) is 0 Å². The highest BCUT2D eigenvalue weighted by molar-refractivity contribution is 7.14. The average molecular weight is 395 g/mol. The molecule has 144 valence electrons. The maximum absolute atomic E-state index is 14.0. The van der Waals surface area contributed by atoms with Crippen molar-refractivity contribution in [1.82, 2.24) is 4.98 Å². The molecule has 2 aromatic rings. The first-order valence-electron chi connectivity index (χ1n) is 9.02. The quantitative estimate of drug-likeness (QED) is 0.790. The summed E-state index contributed by atoms with van der Waals surface area (Å²) >= 11 is 1.06. The van der Waals surface area contributed by atoms with Gasteiger partial charge in [-0.05, 0) is 25.2 Å². The molecule has 3 atom stereocenters. The number of aliphatic hydroxyl groups is 1. The lowest BCUT2D eigenvalue weighted by atomic mass is 9.74. The second-order valence-electron chi connectivity index (χ2n) is 7.11. The third kappa shape index (κ3) is 2.95. The maximum Gasteiger partial charge on any atom is 0.439 e. The highest BCUT2D eigenvalue weighted by Gasteiger charge is 2.68. The van der Waals surface area contributed by atoms with Crippen molar-refractivity contribution >= 4 is 22.2 Å². The Morgan fingerprint density at radius 1 is 1.30 bits per heavy atom. The van der Waals surface area contributed by atoms with Gasteiger partial charge in [0, 0.05) is 16.7 Å². The summed E-state index contributed by atoms with van der Waals surface area (Å²) in [5.41, 5.74) is -1.23. The third-order valence-corrected chi connectivity index (χ3v) is 6.37. The number of hydrogen-bond donors (Lipinski definition) is 1. The second-order valence-corrected chi connectivity index (χ2v) is 7.95. The zero-order valence-electron chi connectivity index (χ0n) is 14.8. The molecular weight excluding hydrogens is 375 g/mol. The van der Waals surface area contributed by atoms with Gasteiger partial charge in [0.15, 0.2) is 0 Å². The molecule has 2 heterocycles. The van der Waals surface area contributed by atoms with E-state index in [1.807, 2.05) is 37.3 Å². The molecule has 4 nitrogen and oxygen atoms in total. The molecule has 0 radical (unpaired) electrons. The number of benzene rings is 1. The smallest absolute Gasteiger partial charge is 0.362 e. The van der Waals surface area contributed by atoms with Crippen molar-refractivity contribution in [2.45, 2.75) is 44.5 Å². The molecule has 1 N–H and O–H groups in total. The van der Waals surface area contributed by atoms with Gasteiger partial charge in [0.1, 0.15) is 0 Å². The normalized spacial score (nSPS) is 28.2. The van der Waals surface area contributed by atoms with Gasteiger partial charge < -0.3 is 5.11 Å². The van der Waals surface area contributed by atoms with Gasteiger partial charge in [0.05, 0.1) is 11.6 Å². The van der Waals surface area contributed by atoms with E-state index in [4.69, 9.17) is 0 Å². The molecule has 0 unspecified atom stereocenters. The minimum atomic E-state index is -4.84. The SMILES string of the molecule is CC[C@@H]1CCC2=NN(c3nc(-c4ccccc4)cs3)[C@](O)(C(F)(F)F)[C@H]2C1. The Kier molecular flexibility index (Phi) is 4.50. The molecular formula is C19H20F3N3OS. The largest absolute Gasteiger partial charge is 0.439 e. The molecule has 0 saturated heterocycles. The standard InChI is InChI=1S/C19H20F3N3OS/c1-2-12-8-9-15-14(10-12)18(26,19(20,21)22)25(24-15)17-23-16(11-27-17)13-6-4-3-5-7-13/h3-7,11-12,14,26H,2,8-10H2,1H3/t12-,14+,18-/m1/s1. The fourth-order valence-electron chi connectivity index (χ4n) is 3.96. The number of aromatic nitrogens is 1. The minimum absolute atomic E-state index is 0.0589. The van der Waals surface area contributed by atoms with Gasteiger partial charge in [-0.15, -0.1) is 11.3 Å². The first kappa shape index (κ1) is 18.4. The van der Waals surface area contributed by atoms with E-state index in [-0.39, 0.29) is 11.0 Å². The van der Waals surface area contributed by atoms with Crippen molar-refractivity contribution in [3.05, 3.63) is 35.7 Å². The molecule has 1 aliphatic heterocycles. The monoisotopic (exact) mass is 395 g/mol. The van der Waals surface area contributed by atoms with E-state index < -0.39 is 17.8 Å². The second kappa shape index (κ2) is 6.60. The molecule has 0 spiro atoms. The molecule has 4 rings (SSSR count). The van der Waals surface area contributed by atoms with Crippen LogP contribution in [0.5, 0.6) is 0 Å². The van der Waals surface area contributed by atoms with Crippen LogP contribution < -0.4 is 5.01 Å². The predicted octanol–water partition coefficient (Wildman–Crippen LogP) is 5.06. The van der Waals surface area contributed by atoms with Crippen molar-refractivity contribution in [1.29, 1.82) is 0 Å². The van der Waals surface area contributed by atoms with Gasteiger partial charge in [-0.3, -0.25) is 0 Å². The molecule has 1 aromatic carbocycles.